The van der Waals surface area contributed by atoms with E-state index in [-0.39, 0.29) is 0 Å². The summed E-state index contributed by atoms with van der Waals surface area (Å²) in [5, 5.41) is 0. The number of hydrogen-bond donors (Lipinski definition) is 0. The summed E-state index contributed by atoms with van der Waals surface area (Å²) in [4.78, 5) is 5.48. The summed E-state index contributed by atoms with van der Waals surface area (Å²) in [6, 6.07) is 26.0. The Morgan fingerprint density at radius 3 is 1.53 bits per heavy atom. The molecule has 0 N–H and O–H groups in total. The van der Waals surface area contributed by atoms with Gasteiger partial charge in [-0.3, -0.25) is 0 Å². The molecule has 4 nitrogen and oxygen atoms in total. The fraction of sp³-hybridized carbons (Fsp3) is 0.148. The molecule has 2 heterocycles. The van der Waals surface area contributed by atoms with Crippen LogP contribution in [0.15, 0.2) is 100 Å². The molecule has 7 heteroatoms. The Balaban J connectivity index is 0.000000588. The maximum atomic E-state index is 8.49. The molecule has 0 spiro atoms. The van der Waals surface area contributed by atoms with E-state index in [0.717, 1.165) is 12.8 Å². The minimum Gasteiger partial charge on any atom is -0.222 e. The number of allylic oxidation sites excluding steroid dienone is 5. The molecule has 1 aliphatic rings. The van der Waals surface area contributed by atoms with Crippen molar-refractivity contribution in [2.45, 2.75) is 26.7 Å². The van der Waals surface area contributed by atoms with Gasteiger partial charge in [0.25, 0.3) is 0 Å². The molecule has 4 rings (SSSR count). The van der Waals surface area contributed by atoms with Crippen LogP contribution in [0, 0.1) is 10.2 Å². The lowest BCUT2D eigenvalue weighted by atomic mass is 10.1. The van der Waals surface area contributed by atoms with E-state index in [1.807, 2.05) is 23.1 Å². The predicted molar refractivity (Wildman–Crippen MR) is 132 cm³/mol. The van der Waals surface area contributed by atoms with E-state index in [4.69, 9.17) is 18.6 Å². The second-order valence-corrected chi connectivity index (χ2v) is 10.5. The van der Waals surface area contributed by atoms with Gasteiger partial charge < -0.3 is 0 Å². The van der Waals surface area contributed by atoms with Gasteiger partial charge in [-0.25, -0.2) is 18.6 Å². The van der Waals surface area contributed by atoms with Crippen molar-refractivity contribution in [3.05, 3.63) is 106 Å². The minimum absolute atomic E-state index is 1.08. The number of thioether (sulfide) groups is 1. The quantitative estimate of drug-likeness (QED) is 0.474. The predicted octanol–water partition coefficient (Wildman–Crippen LogP) is 4.33. The molecule has 0 fully saturated rings. The van der Waals surface area contributed by atoms with Crippen molar-refractivity contribution < 1.29 is 28.9 Å². The van der Waals surface area contributed by atoms with Crippen molar-refractivity contribution in [1.29, 1.82) is 0 Å². The summed E-state index contributed by atoms with van der Waals surface area (Å²) in [6.07, 6.45) is 9.17. The normalized spacial score (nSPS) is 13.4. The van der Waals surface area contributed by atoms with Crippen LogP contribution in [-0.2, 0) is 0 Å². The maximum Gasteiger partial charge on any atom is 0.239 e. The van der Waals surface area contributed by atoms with Gasteiger partial charge in [-0.2, -0.15) is 0 Å². The van der Waals surface area contributed by atoms with Crippen molar-refractivity contribution >= 4 is 29.2 Å². The first-order chi connectivity index (χ1) is 16.2. The van der Waals surface area contributed by atoms with Crippen molar-refractivity contribution in [2.24, 2.45) is 0 Å². The van der Waals surface area contributed by atoms with E-state index in [1.165, 1.54) is 41.8 Å². The standard InChI is InChI=1S/C27H25S2.ClHO4/c1-3-24-16-20(17-25(4-2)28-24)15-21-18-26(22-11-7-5-8-12-22)29-27(19-21)23-13-9-6-10-14-23;2-1(3,4)5/h5-19H,3-4H2,1-2H3;(H,2,3,4,5)/q+1;/p-1. The highest BCUT2D eigenvalue weighted by Gasteiger charge is 2.18. The van der Waals surface area contributed by atoms with Gasteiger partial charge in [-0.05, 0) is 76.3 Å². The van der Waals surface area contributed by atoms with E-state index in [2.05, 4.69) is 105 Å². The second kappa shape index (κ2) is 12.4. The lowest BCUT2D eigenvalue weighted by Gasteiger charge is -2.17. The van der Waals surface area contributed by atoms with Crippen molar-refractivity contribution in [1.82, 2.24) is 0 Å². The van der Waals surface area contributed by atoms with Crippen LogP contribution in [0.4, 0.5) is 0 Å². The minimum atomic E-state index is -4.94. The molecule has 1 aliphatic heterocycles. The van der Waals surface area contributed by atoms with Crippen LogP contribution in [0.1, 0.15) is 32.3 Å². The summed E-state index contributed by atoms with van der Waals surface area (Å²) >= 11 is 3.78. The molecule has 0 unspecified atom stereocenters. The summed E-state index contributed by atoms with van der Waals surface area (Å²) in [7, 11) is -4.94. The molecule has 3 aromatic rings. The van der Waals surface area contributed by atoms with E-state index >= 15 is 0 Å². The zero-order chi connectivity index (χ0) is 24.6. The molecule has 176 valence electrons. The third-order valence-electron chi connectivity index (χ3n) is 4.88. The largest absolute Gasteiger partial charge is 0.239 e. The highest BCUT2D eigenvalue weighted by molar-refractivity contribution is 8.06. The van der Waals surface area contributed by atoms with Gasteiger partial charge in [0.15, 0.2) is 0 Å². The Labute approximate surface area is 211 Å². The third-order valence-corrected chi connectivity index (χ3v) is 7.36. The van der Waals surface area contributed by atoms with Crippen LogP contribution in [0.2, 0.25) is 0 Å². The van der Waals surface area contributed by atoms with Crippen molar-refractivity contribution in [3.63, 3.8) is 0 Å². The summed E-state index contributed by atoms with van der Waals surface area (Å²) in [5.41, 5.74) is 5.08. The number of rotatable bonds is 5. The lowest BCUT2D eigenvalue weighted by molar-refractivity contribution is -2.00. The van der Waals surface area contributed by atoms with Crippen molar-refractivity contribution in [2.75, 3.05) is 0 Å². The van der Waals surface area contributed by atoms with Crippen molar-refractivity contribution in [3.8, 4) is 20.9 Å². The van der Waals surface area contributed by atoms with Gasteiger partial charge in [-0.1, -0.05) is 62.0 Å². The molecule has 0 bridgehead atoms. The number of benzene rings is 2. The summed E-state index contributed by atoms with van der Waals surface area (Å²) in [5.74, 6) is 0. The van der Waals surface area contributed by atoms with Crippen LogP contribution < -0.4 is 18.6 Å². The molecule has 0 saturated carbocycles. The van der Waals surface area contributed by atoms with Crippen LogP contribution in [0.25, 0.3) is 27.0 Å². The molecule has 0 saturated heterocycles. The first-order valence-electron chi connectivity index (χ1n) is 10.8. The van der Waals surface area contributed by atoms with Crippen LogP contribution >= 0.6 is 23.1 Å². The van der Waals surface area contributed by atoms with Gasteiger partial charge in [0.2, 0.25) is 21.1 Å². The Morgan fingerprint density at radius 2 is 1.15 bits per heavy atom. The molecule has 34 heavy (non-hydrogen) atoms. The van der Waals surface area contributed by atoms with E-state index in [9.17, 15) is 0 Å². The maximum absolute atomic E-state index is 8.49. The van der Waals surface area contributed by atoms with Crippen LogP contribution in [-0.4, -0.2) is 0 Å². The van der Waals surface area contributed by atoms with Crippen LogP contribution in [0.5, 0.6) is 0 Å². The SMILES string of the molecule is CCC1=CC(=Cc2cc(-c3ccccc3)[s+]c(-c3ccccc3)c2)C=C(CC)S1.[O-][Cl+3]([O-])([O-])[O-]. The Bertz CT molecular complexity index is 1100. The second-order valence-electron chi connectivity index (χ2n) is 7.40. The Hall–Kier alpha value is -2.29. The summed E-state index contributed by atoms with van der Waals surface area (Å²) < 4.78 is 34.0. The average molecular weight is 513 g/mol. The van der Waals surface area contributed by atoms with Gasteiger partial charge in [0.05, 0.1) is 0 Å². The highest BCUT2D eigenvalue weighted by Crippen LogP contribution is 2.38. The van der Waals surface area contributed by atoms with Gasteiger partial charge in [0.1, 0.15) is 0 Å². The molecule has 0 aliphatic carbocycles. The fourth-order valence-corrected chi connectivity index (χ4v) is 5.51. The Morgan fingerprint density at radius 1 is 0.735 bits per heavy atom. The van der Waals surface area contributed by atoms with Crippen LogP contribution in [0.3, 0.4) is 0 Å². The molecule has 0 amide bonds. The van der Waals surface area contributed by atoms with E-state index in [1.54, 1.807) is 0 Å². The first kappa shape index (κ1) is 26.3. The van der Waals surface area contributed by atoms with Gasteiger partial charge in [-0.15, -0.1) is 10.2 Å². The lowest BCUT2D eigenvalue weighted by Crippen LogP contribution is -2.68. The molecule has 0 radical (unpaired) electrons. The highest BCUT2D eigenvalue weighted by atomic mass is 35.7. The van der Waals surface area contributed by atoms with E-state index in [0.29, 0.717) is 0 Å². The molecular formula is C27H25ClO4S2. The fourth-order valence-electron chi connectivity index (χ4n) is 3.36. The molecular weight excluding hydrogens is 488 g/mol. The Kier molecular flexibility index (Phi) is 9.62. The summed E-state index contributed by atoms with van der Waals surface area (Å²) in [6.45, 7) is 4.47. The third kappa shape index (κ3) is 8.49. The molecule has 1 aromatic heterocycles. The monoisotopic (exact) mass is 512 g/mol. The number of halogens is 1. The molecule has 0 atom stereocenters. The zero-order valence-corrected chi connectivity index (χ0v) is 21.3. The topological polar surface area (TPSA) is 92.2 Å². The van der Waals surface area contributed by atoms with E-state index < -0.39 is 10.2 Å². The first-order valence-corrected chi connectivity index (χ1v) is 13.6. The average Bonchev–Trinajstić information content (AvgIpc) is 2.83. The number of hydrogen-bond acceptors (Lipinski definition) is 5. The van der Waals surface area contributed by atoms with Gasteiger partial charge in [0, 0.05) is 23.3 Å². The smallest absolute Gasteiger partial charge is 0.222 e. The zero-order valence-electron chi connectivity index (χ0n) is 18.9. The molecule has 2 aromatic carbocycles. The van der Waals surface area contributed by atoms with Gasteiger partial charge >= 0.3 is 0 Å².